The molecule has 0 saturated carbocycles. The van der Waals surface area contributed by atoms with Gasteiger partial charge in [-0.25, -0.2) is 0 Å². The van der Waals surface area contributed by atoms with Crippen LogP contribution >= 0.6 is 0 Å². The lowest BCUT2D eigenvalue weighted by Gasteiger charge is -2.07. The largest absolute Gasteiger partial charge is 0.377 e. The van der Waals surface area contributed by atoms with Crippen LogP contribution < -0.4 is 0 Å². The number of hydrogen-bond acceptors (Lipinski definition) is 1. The second kappa shape index (κ2) is 5.83. The highest BCUT2D eigenvalue weighted by molar-refractivity contribution is 4.99. The minimum absolute atomic E-state index is 0.825. The van der Waals surface area contributed by atoms with Crippen molar-refractivity contribution in [2.45, 2.75) is 27.2 Å². The lowest BCUT2D eigenvalue weighted by atomic mass is 10.2. The Morgan fingerprint density at radius 3 is 2.33 bits per heavy atom. The number of ether oxygens (including phenoxy) is 1. The molecule has 1 aliphatic heterocycles. The molecule has 1 heteroatoms. The third kappa shape index (κ3) is 4.22. The molecule has 0 saturated heterocycles. The Morgan fingerprint density at radius 1 is 1.44 bits per heavy atom. The molecule has 1 rings (SSSR count). The molecule has 0 fully saturated rings. The van der Waals surface area contributed by atoms with Gasteiger partial charge in [0.2, 0.25) is 0 Å². The van der Waals surface area contributed by atoms with E-state index < -0.39 is 0 Å². The molecule has 0 amide bonds. The van der Waals surface area contributed by atoms with Crippen LogP contribution in [0.2, 0.25) is 0 Å². The first kappa shape index (κ1) is 8.70. The lowest BCUT2D eigenvalue weighted by molar-refractivity contribution is 0.154. The summed E-state index contributed by atoms with van der Waals surface area (Å²) in [5, 5.41) is 0. The van der Waals surface area contributed by atoms with Crippen LogP contribution in [0.15, 0.2) is 11.6 Å². The van der Waals surface area contributed by atoms with Crippen LogP contribution in [0.4, 0.5) is 0 Å². The van der Waals surface area contributed by atoms with Crippen LogP contribution in [0.5, 0.6) is 0 Å². The highest BCUT2D eigenvalue weighted by atomic mass is 16.5. The average Bonchev–Trinajstić information content (AvgIpc) is 1.94. The van der Waals surface area contributed by atoms with E-state index in [1.165, 1.54) is 5.57 Å². The van der Waals surface area contributed by atoms with Gasteiger partial charge in [0.15, 0.2) is 0 Å². The molecule has 0 spiro atoms. The maximum atomic E-state index is 5.06. The average molecular weight is 128 g/mol. The van der Waals surface area contributed by atoms with Crippen molar-refractivity contribution in [3.8, 4) is 0 Å². The fourth-order valence-electron chi connectivity index (χ4n) is 0.620. The summed E-state index contributed by atoms with van der Waals surface area (Å²) >= 11 is 0. The molecule has 0 aromatic carbocycles. The SMILES string of the molecule is CC.CC1=CCOCC1. The summed E-state index contributed by atoms with van der Waals surface area (Å²) in [7, 11) is 0. The highest BCUT2D eigenvalue weighted by Crippen LogP contribution is 2.04. The fraction of sp³-hybridized carbons (Fsp3) is 0.750. The van der Waals surface area contributed by atoms with Gasteiger partial charge >= 0.3 is 0 Å². The normalized spacial score (nSPS) is 17.4. The maximum Gasteiger partial charge on any atom is 0.0650 e. The molecule has 0 aromatic rings. The van der Waals surface area contributed by atoms with Crippen molar-refractivity contribution in [2.75, 3.05) is 13.2 Å². The molecule has 1 nitrogen and oxygen atoms in total. The molecule has 0 bridgehead atoms. The predicted octanol–water partition coefficient (Wildman–Crippen LogP) is 2.38. The Hall–Kier alpha value is -0.300. The number of hydrogen-bond donors (Lipinski definition) is 0. The topological polar surface area (TPSA) is 9.23 Å². The van der Waals surface area contributed by atoms with Crippen molar-refractivity contribution in [1.82, 2.24) is 0 Å². The Balaban J connectivity index is 0.000000291. The van der Waals surface area contributed by atoms with E-state index in [2.05, 4.69) is 13.0 Å². The van der Waals surface area contributed by atoms with Crippen LogP contribution in [0.25, 0.3) is 0 Å². The van der Waals surface area contributed by atoms with Crippen molar-refractivity contribution >= 4 is 0 Å². The monoisotopic (exact) mass is 128 g/mol. The third-order valence-corrected chi connectivity index (χ3v) is 1.19. The molecule has 1 aliphatic rings. The summed E-state index contributed by atoms with van der Waals surface area (Å²) in [5.41, 5.74) is 1.46. The van der Waals surface area contributed by atoms with Gasteiger partial charge in [-0.1, -0.05) is 25.5 Å². The predicted molar refractivity (Wildman–Crippen MR) is 40.5 cm³/mol. The maximum absolute atomic E-state index is 5.06. The first-order valence-electron chi connectivity index (χ1n) is 3.63. The van der Waals surface area contributed by atoms with E-state index in [1.807, 2.05) is 13.8 Å². The fourth-order valence-corrected chi connectivity index (χ4v) is 0.620. The molecule has 0 unspecified atom stereocenters. The summed E-state index contributed by atoms with van der Waals surface area (Å²) in [4.78, 5) is 0. The van der Waals surface area contributed by atoms with E-state index in [-0.39, 0.29) is 0 Å². The summed E-state index contributed by atoms with van der Waals surface area (Å²) in [6, 6.07) is 0. The summed E-state index contributed by atoms with van der Waals surface area (Å²) in [5.74, 6) is 0. The van der Waals surface area contributed by atoms with E-state index in [9.17, 15) is 0 Å². The molecule has 9 heavy (non-hydrogen) atoms. The summed E-state index contributed by atoms with van der Waals surface area (Å²) in [6.45, 7) is 7.89. The Morgan fingerprint density at radius 2 is 2.11 bits per heavy atom. The summed E-state index contributed by atoms with van der Waals surface area (Å²) < 4.78 is 5.06. The van der Waals surface area contributed by atoms with Gasteiger partial charge in [-0.2, -0.15) is 0 Å². The van der Waals surface area contributed by atoms with E-state index in [1.54, 1.807) is 0 Å². The molecule has 0 aromatic heterocycles. The van der Waals surface area contributed by atoms with Crippen LogP contribution in [-0.4, -0.2) is 13.2 Å². The number of rotatable bonds is 0. The van der Waals surface area contributed by atoms with Crippen LogP contribution in [0.3, 0.4) is 0 Å². The molecule has 1 heterocycles. The second-order valence-corrected chi connectivity index (χ2v) is 1.88. The Bertz CT molecular complexity index is 84.6. The van der Waals surface area contributed by atoms with Crippen LogP contribution in [0, 0.1) is 0 Å². The second-order valence-electron chi connectivity index (χ2n) is 1.88. The van der Waals surface area contributed by atoms with Crippen LogP contribution in [-0.2, 0) is 4.74 Å². The van der Waals surface area contributed by atoms with Gasteiger partial charge in [0, 0.05) is 0 Å². The molecule has 0 radical (unpaired) electrons. The molecule has 54 valence electrons. The van der Waals surface area contributed by atoms with Gasteiger partial charge in [-0.05, 0) is 13.3 Å². The molecule has 0 N–H and O–H groups in total. The van der Waals surface area contributed by atoms with E-state index in [0.717, 1.165) is 19.6 Å². The van der Waals surface area contributed by atoms with Gasteiger partial charge in [-0.3, -0.25) is 0 Å². The van der Waals surface area contributed by atoms with Crippen molar-refractivity contribution in [2.24, 2.45) is 0 Å². The van der Waals surface area contributed by atoms with Gasteiger partial charge < -0.3 is 4.74 Å². The standard InChI is InChI=1S/C6H10O.C2H6/c1-6-2-4-7-5-3-6;1-2/h2H,3-5H2,1H3;1-2H3. The minimum Gasteiger partial charge on any atom is -0.377 e. The van der Waals surface area contributed by atoms with E-state index >= 15 is 0 Å². The minimum atomic E-state index is 0.825. The molecule has 0 aliphatic carbocycles. The van der Waals surface area contributed by atoms with E-state index in [4.69, 9.17) is 4.74 Å². The molecule has 0 atom stereocenters. The Labute approximate surface area is 57.7 Å². The zero-order chi connectivity index (χ0) is 7.11. The van der Waals surface area contributed by atoms with Gasteiger partial charge in [0.25, 0.3) is 0 Å². The van der Waals surface area contributed by atoms with Crippen LogP contribution in [0.1, 0.15) is 27.2 Å². The lowest BCUT2D eigenvalue weighted by Crippen LogP contribution is -2.01. The van der Waals surface area contributed by atoms with Gasteiger partial charge in [0.05, 0.1) is 13.2 Å². The highest BCUT2D eigenvalue weighted by Gasteiger charge is 1.94. The zero-order valence-electron chi connectivity index (χ0n) is 6.61. The van der Waals surface area contributed by atoms with Crippen molar-refractivity contribution < 1.29 is 4.74 Å². The molecular weight excluding hydrogens is 112 g/mol. The van der Waals surface area contributed by atoms with E-state index in [0.29, 0.717) is 0 Å². The quantitative estimate of drug-likeness (QED) is 0.455. The van der Waals surface area contributed by atoms with Crippen molar-refractivity contribution in [3.05, 3.63) is 11.6 Å². The van der Waals surface area contributed by atoms with Gasteiger partial charge in [-0.15, -0.1) is 0 Å². The van der Waals surface area contributed by atoms with Crippen molar-refractivity contribution in [1.29, 1.82) is 0 Å². The zero-order valence-corrected chi connectivity index (χ0v) is 6.61. The van der Waals surface area contributed by atoms with Gasteiger partial charge in [0.1, 0.15) is 0 Å². The summed E-state index contributed by atoms with van der Waals surface area (Å²) in [6.07, 6.45) is 3.25. The Kier molecular flexibility index (Phi) is 5.64. The first-order chi connectivity index (χ1) is 4.39. The smallest absolute Gasteiger partial charge is 0.0650 e. The first-order valence-corrected chi connectivity index (χ1v) is 3.63. The third-order valence-electron chi connectivity index (χ3n) is 1.19. The van der Waals surface area contributed by atoms with Crippen molar-refractivity contribution in [3.63, 3.8) is 0 Å². The molecular formula is C8H16O.